The van der Waals surface area contributed by atoms with E-state index in [1.54, 1.807) is 49.4 Å². The molecule has 10 heteroatoms. The van der Waals surface area contributed by atoms with Crippen LogP contribution in [0.2, 0.25) is 5.02 Å². The summed E-state index contributed by atoms with van der Waals surface area (Å²) >= 11 is 6.30. The van der Waals surface area contributed by atoms with Crippen LogP contribution in [0.25, 0.3) is 11.0 Å². The first kappa shape index (κ1) is 20.8. The van der Waals surface area contributed by atoms with Gasteiger partial charge in [0, 0.05) is 18.0 Å². The summed E-state index contributed by atoms with van der Waals surface area (Å²) in [5.41, 5.74) is 2.32. The normalized spacial score (nSPS) is 11.3. The molecule has 2 heterocycles. The van der Waals surface area contributed by atoms with Gasteiger partial charge in [0.05, 0.1) is 28.9 Å². The van der Waals surface area contributed by atoms with Gasteiger partial charge < -0.3 is 10.1 Å². The lowest BCUT2D eigenvalue weighted by Gasteiger charge is -2.15. The predicted octanol–water partition coefficient (Wildman–Crippen LogP) is 4.54. The van der Waals surface area contributed by atoms with Crippen LogP contribution < -0.4 is 14.8 Å². The average Bonchev–Trinajstić information content (AvgIpc) is 2.75. The van der Waals surface area contributed by atoms with Gasteiger partial charge in [-0.25, -0.2) is 18.4 Å². The standard InChI is InChI=1S/C21H18ClN5O3S/c1-13-7-9-15(12-23-13)31(28,29)27-21-20(24-17-5-3-4-6-18(17)25-21)26-19-11-14(30-2)8-10-16(19)22/h3-12H,1-2H3,(H,24,26)(H,25,27). The quantitative estimate of drug-likeness (QED) is 0.439. The first-order chi connectivity index (χ1) is 14.9. The summed E-state index contributed by atoms with van der Waals surface area (Å²) in [6.07, 6.45) is 1.29. The number of hydrogen-bond acceptors (Lipinski definition) is 7. The van der Waals surface area contributed by atoms with E-state index < -0.39 is 10.0 Å². The van der Waals surface area contributed by atoms with E-state index in [9.17, 15) is 8.42 Å². The van der Waals surface area contributed by atoms with Crippen LogP contribution in [0, 0.1) is 6.92 Å². The highest BCUT2D eigenvalue weighted by Gasteiger charge is 2.20. The molecule has 2 N–H and O–H groups in total. The second-order valence-electron chi connectivity index (χ2n) is 6.62. The van der Waals surface area contributed by atoms with E-state index in [0.29, 0.717) is 33.2 Å². The SMILES string of the molecule is COc1ccc(Cl)c(Nc2nc3ccccc3nc2NS(=O)(=O)c2ccc(C)nc2)c1. The molecule has 158 valence electrons. The average molecular weight is 456 g/mol. The summed E-state index contributed by atoms with van der Waals surface area (Å²) in [5, 5.41) is 3.47. The molecule has 0 aliphatic carbocycles. The largest absolute Gasteiger partial charge is 0.497 e. The van der Waals surface area contributed by atoms with Crippen LogP contribution in [-0.2, 0) is 10.0 Å². The van der Waals surface area contributed by atoms with Crippen LogP contribution in [-0.4, -0.2) is 30.5 Å². The van der Waals surface area contributed by atoms with Gasteiger partial charge in [-0.15, -0.1) is 0 Å². The molecule has 0 amide bonds. The fraction of sp³-hybridized carbons (Fsp3) is 0.0952. The third-order valence-corrected chi connectivity index (χ3v) is 6.08. The summed E-state index contributed by atoms with van der Waals surface area (Å²) in [6.45, 7) is 1.78. The van der Waals surface area contributed by atoms with Crippen molar-refractivity contribution in [1.29, 1.82) is 0 Å². The maximum Gasteiger partial charge on any atom is 0.264 e. The van der Waals surface area contributed by atoms with Crippen molar-refractivity contribution >= 4 is 50.0 Å². The zero-order valence-electron chi connectivity index (χ0n) is 16.6. The Morgan fingerprint density at radius 2 is 1.68 bits per heavy atom. The Hall–Kier alpha value is -3.43. The maximum atomic E-state index is 12.9. The summed E-state index contributed by atoms with van der Waals surface area (Å²) in [4.78, 5) is 13.1. The number of pyridine rings is 1. The van der Waals surface area contributed by atoms with Gasteiger partial charge in [0.15, 0.2) is 11.6 Å². The van der Waals surface area contributed by atoms with Crippen LogP contribution in [0.1, 0.15) is 5.69 Å². The highest BCUT2D eigenvalue weighted by atomic mass is 35.5. The van der Waals surface area contributed by atoms with Gasteiger partial charge >= 0.3 is 0 Å². The fourth-order valence-electron chi connectivity index (χ4n) is 2.81. The third-order valence-electron chi connectivity index (χ3n) is 4.42. The molecule has 0 spiro atoms. The van der Waals surface area contributed by atoms with Crippen molar-refractivity contribution in [3.05, 3.63) is 71.5 Å². The summed E-state index contributed by atoms with van der Waals surface area (Å²) < 4.78 is 33.6. The van der Waals surface area contributed by atoms with E-state index in [0.717, 1.165) is 0 Å². The molecule has 2 aromatic heterocycles. The molecule has 2 aromatic carbocycles. The van der Waals surface area contributed by atoms with Crippen molar-refractivity contribution in [2.24, 2.45) is 0 Å². The number of aromatic nitrogens is 3. The number of methoxy groups -OCH3 is 1. The molecule has 31 heavy (non-hydrogen) atoms. The number of ether oxygens (including phenoxy) is 1. The molecule has 0 aliphatic rings. The number of para-hydroxylation sites is 2. The van der Waals surface area contributed by atoms with Crippen molar-refractivity contribution in [3.8, 4) is 5.75 Å². The van der Waals surface area contributed by atoms with Crippen molar-refractivity contribution in [1.82, 2.24) is 15.0 Å². The van der Waals surface area contributed by atoms with Gasteiger partial charge in [-0.1, -0.05) is 23.7 Å². The number of sulfonamides is 1. The van der Waals surface area contributed by atoms with Crippen molar-refractivity contribution < 1.29 is 13.2 Å². The zero-order chi connectivity index (χ0) is 22.0. The minimum absolute atomic E-state index is 0.0124. The van der Waals surface area contributed by atoms with Gasteiger partial charge in [-0.05, 0) is 43.3 Å². The van der Waals surface area contributed by atoms with E-state index >= 15 is 0 Å². The Balaban J connectivity index is 1.79. The van der Waals surface area contributed by atoms with Gasteiger partial charge in [-0.3, -0.25) is 9.71 Å². The number of fused-ring (bicyclic) bond motifs is 1. The molecule has 0 saturated heterocycles. The van der Waals surface area contributed by atoms with E-state index in [1.807, 2.05) is 6.07 Å². The van der Waals surface area contributed by atoms with Gasteiger partial charge in [0.2, 0.25) is 0 Å². The van der Waals surface area contributed by atoms with Gasteiger partial charge in [-0.2, -0.15) is 0 Å². The lowest BCUT2D eigenvalue weighted by Crippen LogP contribution is -2.16. The van der Waals surface area contributed by atoms with Gasteiger partial charge in [0.1, 0.15) is 10.6 Å². The number of aryl methyl sites for hydroxylation is 1. The summed E-state index contributed by atoms with van der Waals surface area (Å²) in [7, 11) is -2.41. The van der Waals surface area contributed by atoms with Crippen molar-refractivity contribution in [2.75, 3.05) is 17.1 Å². The Labute approximate surface area is 184 Å². The number of nitrogens with zero attached hydrogens (tertiary/aromatic N) is 3. The first-order valence-corrected chi connectivity index (χ1v) is 11.0. The monoisotopic (exact) mass is 455 g/mol. The predicted molar refractivity (Wildman–Crippen MR) is 121 cm³/mol. The second-order valence-corrected chi connectivity index (χ2v) is 8.71. The second kappa shape index (κ2) is 8.37. The Morgan fingerprint density at radius 1 is 0.968 bits per heavy atom. The van der Waals surface area contributed by atoms with Gasteiger partial charge in [0.25, 0.3) is 10.0 Å². The van der Waals surface area contributed by atoms with E-state index in [4.69, 9.17) is 16.3 Å². The number of benzene rings is 2. The molecule has 0 fully saturated rings. The molecule has 0 unspecified atom stereocenters. The number of nitrogens with one attached hydrogen (secondary N) is 2. The lowest BCUT2D eigenvalue weighted by atomic mass is 10.3. The molecule has 4 aromatic rings. The molecule has 8 nitrogen and oxygen atoms in total. The Bertz CT molecular complexity index is 1360. The molecule has 0 radical (unpaired) electrons. The van der Waals surface area contributed by atoms with Crippen LogP contribution in [0.15, 0.2) is 65.7 Å². The molecular weight excluding hydrogens is 438 g/mol. The molecule has 4 rings (SSSR count). The number of hydrogen-bond donors (Lipinski definition) is 2. The lowest BCUT2D eigenvalue weighted by molar-refractivity contribution is 0.415. The van der Waals surface area contributed by atoms with Crippen molar-refractivity contribution in [2.45, 2.75) is 11.8 Å². The minimum Gasteiger partial charge on any atom is -0.497 e. The minimum atomic E-state index is -3.95. The van der Waals surface area contributed by atoms with Crippen LogP contribution >= 0.6 is 11.6 Å². The maximum absolute atomic E-state index is 12.9. The van der Waals surface area contributed by atoms with Crippen LogP contribution in [0.4, 0.5) is 17.3 Å². The Morgan fingerprint density at radius 3 is 2.32 bits per heavy atom. The van der Waals surface area contributed by atoms with E-state index in [2.05, 4.69) is 25.0 Å². The highest BCUT2D eigenvalue weighted by molar-refractivity contribution is 7.92. The Kier molecular flexibility index (Phi) is 5.62. The highest BCUT2D eigenvalue weighted by Crippen LogP contribution is 2.32. The molecule has 0 saturated carbocycles. The van der Waals surface area contributed by atoms with E-state index in [-0.39, 0.29) is 16.5 Å². The first-order valence-electron chi connectivity index (χ1n) is 9.18. The van der Waals surface area contributed by atoms with Crippen LogP contribution in [0.3, 0.4) is 0 Å². The number of halogens is 1. The molecular formula is C21H18ClN5O3S. The smallest absolute Gasteiger partial charge is 0.264 e. The number of rotatable bonds is 6. The molecule has 0 bridgehead atoms. The number of anilines is 3. The van der Waals surface area contributed by atoms with Crippen molar-refractivity contribution in [3.63, 3.8) is 0 Å². The van der Waals surface area contributed by atoms with E-state index in [1.165, 1.54) is 19.4 Å². The fourth-order valence-corrected chi connectivity index (χ4v) is 3.93. The molecule has 0 atom stereocenters. The summed E-state index contributed by atoms with van der Waals surface area (Å²) in [5.74, 6) is 0.796. The summed E-state index contributed by atoms with van der Waals surface area (Å²) in [6, 6.07) is 15.3. The third kappa shape index (κ3) is 4.52. The topological polar surface area (TPSA) is 106 Å². The van der Waals surface area contributed by atoms with Crippen LogP contribution in [0.5, 0.6) is 5.75 Å². The zero-order valence-corrected chi connectivity index (χ0v) is 18.2. The molecule has 0 aliphatic heterocycles.